The van der Waals surface area contributed by atoms with Gasteiger partial charge in [-0.1, -0.05) is 62.4 Å². The quantitative estimate of drug-likeness (QED) is 0.395. The molecule has 0 bridgehead atoms. The van der Waals surface area contributed by atoms with Crippen molar-refractivity contribution >= 4 is 17.5 Å². The summed E-state index contributed by atoms with van der Waals surface area (Å²) in [5.41, 5.74) is 9.83. The Hall–Kier alpha value is -2.95. The van der Waals surface area contributed by atoms with Crippen LogP contribution < -0.4 is 11.1 Å². The van der Waals surface area contributed by atoms with E-state index >= 15 is 0 Å². The van der Waals surface area contributed by atoms with Gasteiger partial charge in [-0.25, -0.2) is 0 Å². The standard InChI is InChI=1S/C27H35N3O2/c1-17(2)21-5-4-6-22(15-21)23-12-13-24(16-23)27(32)30-18(3)25(31)14-9-19-7-10-20(11-8-19)26(28)29/h4-8,10-11,15,17-18,23-24H,9,12-14,16H2,1-3H3,(H3,28,29)(H,30,32)/t18-,23-,24+/m0/s1. The molecule has 5 heteroatoms. The topological polar surface area (TPSA) is 96.0 Å². The Kier molecular flexibility index (Phi) is 7.84. The summed E-state index contributed by atoms with van der Waals surface area (Å²) < 4.78 is 0. The van der Waals surface area contributed by atoms with Gasteiger partial charge in [-0.15, -0.1) is 0 Å². The lowest BCUT2D eigenvalue weighted by Crippen LogP contribution is -2.41. The molecule has 0 unspecified atom stereocenters. The van der Waals surface area contributed by atoms with E-state index in [4.69, 9.17) is 11.1 Å². The average molecular weight is 434 g/mol. The van der Waals surface area contributed by atoms with Crippen molar-refractivity contribution in [1.29, 1.82) is 5.41 Å². The molecule has 2 aromatic rings. The zero-order valence-corrected chi connectivity index (χ0v) is 19.4. The molecule has 1 fully saturated rings. The predicted octanol–water partition coefficient (Wildman–Crippen LogP) is 4.68. The van der Waals surface area contributed by atoms with Gasteiger partial charge in [-0.2, -0.15) is 0 Å². The Balaban J connectivity index is 1.48. The average Bonchev–Trinajstić information content (AvgIpc) is 3.28. The minimum absolute atomic E-state index is 0.000764. The third-order valence-corrected chi connectivity index (χ3v) is 6.62. The number of amides is 1. The van der Waals surface area contributed by atoms with E-state index in [1.165, 1.54) is 11.1 Å². The van der Waals surface area contributed by atoms with Crippen molar-refractivity contribution in [2.75, 3.05) is 0 Å². The highest BCUT2D eigenvalue weighted by molar-refractivity contribution is 5.95. The van der Waals surface area contributed by atoms with Crippen LogP contribution in [0.25, 0.3) is 0 Å². The van der Waals surface area contributed by atoms with Gasteiger partial charge in [0.25, 0.3) is 0 Å². The van der Waals surface area contributed by atoms with E-state index in [1.54, 1.807) is 19.1 Å². The molecule has 170 valence electrons. The summed E-state index contributed by atoms with van der Waals surface area (Å²) in [6, 6.07) is 15.6. The number of rotatable bonds is 9. The van der Waals surface area contributed by atoms with E-state index in [0.717, 1.165) is 24.8 Å². The van der Waals surface area contributed by atoms with Crippen LogP contribution in [0.2, 0.25) is 0 Å². The Labute approximate surface area is 191 Å². The first-order valence-corrected chi connectivity index (χ1v) is 11.6. The number of nitrogens with one attached hydrogen (secondary N) is 2. The minimum atomic E-state index is -0.484. The van der Waals surface area contributed by atoms with Gasteiger partial charge in [-0.05, 0) is 61.1 Å². The van der Waals surface area contributed by atoms with Crippen LogP contribution in [0.4, 0.5) is 0 Å². The number of aryl methyl sites for hydroxylation is 1. The van der Waals surface area contributed by atoms with Crippen LogP contribution in [0.3, 0.4) is 0 Å². The molecule has 0 radical (unpaired) electrons. The summed E-state index contributed by atoms with van der Waals surface area (Å²) in [5, 5.41) is 10.4. The lowest BCUT2D eigenvalue weighted by atomic mass is 9.92. The van der Waals surface area contributed by atoms with Crippen molar-refractivity contribution in [3.63, 3.8) is 0 Å². The number of carbonyl (C=O) groups is 2. The third-order valence-electron chi connectivity index (χ3n) is 6.62. The van der Waals surface area contributed by atoms with Crippen LogP contribution in [0.1, 0.15) is 80.5 Å². The maximum absolute atomic E-state index is 12.8. The van der Waals surface area contributed by atoms with Crippen molar-refractivity contribution in [2.45, 2.75) is 70.8 Å². The molecule has 0 aliphatic heterocycles. The number of carbonyl (C=O) groups excluding carboxylic acids is 2. The second-order valence-electron chi connectivity index (χ2n) is 9.34. The molecule has 5 nitrogen and oxygen atoms in total. The molecule has 3 rings (SSSR count). The van der Waals surface area contributed by atoms with E-state index in [-0.39, 0.29) is 23.4 Å². The highest BCUT2D eigenvalue weighted by Crippen LogP contribution is 2.39. The largest absolute Gasteiger partial charge is 0.384 e. The number of ketones is 1. The van der Waals surface area contributed by atoms with Crippen LogP contribution in [0.5, 0.6) is 0 Å². The minimum Gasteiger partial charge on any atom is -0.384 e. The first-order valence-electron chi connectivity index (χ1n) is 11.6. The highest BCUT2D eigenvalue weighted by Gasteiger charge is 2.32. The fourth-order valence-corrected chi connectivity index (χ4v) is 4.44. The Morgan fingerprint density at radius 1 is 1.09 bits per heavy atom. The van der Waals surface area contributed by atoms with Gasteiger partial charge < -0.3 is 11.1 Å². The molecule has 1 aliphatic carbocycles. The Bertz CT molecular complexity index is 965. The smallest absolute Gasteiger partial charge is 0.223 e. The summed E-state index contributed by atoms with van der Waals surface area (Å²) >= 11 is 0. The maximum Gasteiger partial charge on any atom is 0.223 e. The zero-order valence-electron chi connectivity index (χ0n) is 19.4. The molecule has 3 atom stereocenters. The molecule has 0 saturated heterocycles. The number of Topliss-reactive ketones (excluding diaryl/α,β-unsaturated/α-hetero) is 1. The fraction of sp³-hybridized carbons (Fsp3) is 0.444. The first kappa shape index (κ1) is 23.7. The molecule has 4 N–H and O–H groups in total. The molecule has 0 spiro atoms. The number of nitrogen functional groups attached to an aromatic ring is 1. The molecular formula is C27H35N3O2. The summed E-state index contributed by atoms with van der Waals surface area (Å²) in [6.45, 7) is 6.17. The molecule has 0 heterocycles. The molecule has 0 aromatic heterocycles. The van der Waals surface area contributed by atoms with Crippen LogP contribution in [0, 0.1) is 11.3 Å². The van der Waals surface area contributed by atoms with E-state index in [1.807, 2.05) is 12.1 Å². The van der Waals surface area contributed by atoms with Crippen LogP contribution in [-0.2, 0) is 16.0 Å². The lowest BCUT2D eigenvalue weighted by Gasteiger charge is -2.17. The van der Waals surface area contributed by atoms with Gasteiger partial charge in [-0.3, -0.25) is 15.0 Å². The Morgan fingerprint density at radius 2 is 1.81 bits per heavy atom. The molecule has 1 aliphatic rings. The van der Waals surface area contributed by atoms with Crippen molar-refractivity contribution in [2.24, 2.45) is 11.7 Å². The molecule has 2 aromatic carbocycles. The van der Waals surface area contributed by atoms with Gasteiger partial charge in [0.05, 0.1) is 6.04 Å². The zero-order chi connectivity index (χ0) is 23.3. The van der Waals surface area contributed by atoms with Gasteiger partial charge in [0, 0.05) is 17.9 Å². The highest BCUT2D eigenvalue weighted by atomic mass is 16.2. The molecule has 1 amide bonds. The van der Waals surface area contributed by atoms with Crippen LogP contribution in [-0.4, -0.2) is 23.6 Å². The number of hydrogen-bond acceptors (Lipinski definition) is 3. The summed E-state index contributed by atoms with van der Waals surface area (Å²) in [6.07, 6.45) is 3.70. The van der Waals surface area contributed by atoms with E-state index in [9.17, 15) is 9.59 Å². The van der Waals surface area contributed by atoms with Gasteiger partial charge in [0.2, 0.25) is 5.91 Å². The maximum atomic E-state index is 12.8. The third kappa shape index (κ3) is 6.06. The predicted molar refractivity (Wildman–Crippen MR) is 129 cm³/mol. The number of nitrogens with two attached hydrogens (primary N) is 1. The SMILES string of the molecule is CC(C)c1cccc([C@H]2CC[C@@H](C(=O)N[C@@H](C)C(=O)CCc3ccc(C(=N)N)cc3)C2)c1. The first-order chi connectivity index (χ1) is 15.2. The number of benzene rings is 2. The molecular weight excluding hydrogens is 398 g/mol. The summed E-state index contributed by atoms with van der Waals surface area (Å²) in [4.78, 5) is 25.4. The van der Waals surface area contributed by atoms with Gasteiger partial charge >= 0.3 is 0 Å². The Morgan fingerprint density at radius 3 is 2.47 bits per heavy atom. The van der Waals surface area contributed by atoms with Crippen molar-refractivity contribution in [1.82, 2.24) is 5.32 Å². The lowest BCUT2D eigenvalue weighted by molar-refractivity contribution is -0.129. The second kappa shape index (κ2) is 10.6. The monoisotopic (exact) mass is 433 g/mol. The van der Waals surface area contributed by atoms with Gasteiger partial charge in [0.15, 0.2) is 5.78 Å². The molecule has 32 heavy (non-hydrogen) atoms. The van der Waals surface area contributed by atoms with Crippen LogP contribution >= 0.6 is 0 Å². The molecule has 1 saturated carbocycles. The van der Waals surface area contributed by atoms with E-state index < -0.39 is 6.04 Å². The van der Waals surface area contributed by atoms with Crippen LogP contribution in [0.15, 0.2) is 48.5 Å². The van der Waals surface area contributed by atoms with E-state index in [2.05, 4.69) is 43.4 Å². The summed E-state index contributed by atoms with van der Waals surface area (Å²) in [7, 11) is 0. The number of amidine groups is 1. The van der Waals surface area contributed by atoms with E-state index in [0.29, 0.717) is 30.2 Å². The van der Waals surface area contributed by atoms with Crippen molar-refractivity contribution in [3.8, 4) is 0 Å². The second-order valence-corrected chi connectivity index (χ2v) is 9.34. The summed E-state index contributed by atoms with van der Waals surface area (Å²) in [5.74, 6) is 0.943. The van der Waals surface area contributed by atoms with Crippen molar-refractivity contribution < 1.29 is 9.59 Å². The normalized spacial score (nSPS) is 19.0. The van der Waals surface area contributed by atoms with Crippen molar-refractivity contribution in [3.05, 3.63) is 70.8 Å². The fourth-order valence-electron chi connectivity index (χ4n) is 4.44. The number of hydrogen-bond donors (Lipinski definition) is 3. The van der Waals surface area contributed by atoms with Gasteiger partial charge in [0.1, 0.15) is 5.84 Å².